The van der Waals surface area contributed by atoms with Gasteiger partial charge in [0.25, 0.3) is 0 Å². The fourth-order valence-corrected chi connectivity index (χ4v) is 5.09. The molecule has 0 fully saturated rings. The molecule has 0 radical (unpaired) electrons. The first-order chi connectivity index (χ1) is 18.7. The van der Waals surface area contributed by atoms with Crippen molar-refractivity contribution in [2.75, 3.05) is 0 Å². The summed E-state index contributed by atoms with van der Waals surface area (Å²) in [6.45, 7) is 0.515. The Morgan fingerprint density at radius 1 is 0.553 bits per heavy atom. The molecule has 5 heterocycles. The Labute approximate surface area is 220 Å². The lowest BCUT2D eigenvalue weighted by molar-refractivity contribution is 1.07. The highest BCUT2D eigenvalue weighted by molar-refractivity contribution is 5.93. The van der Waals surface area contributed by atoms with Crippen molar-refractivity contribution < 1.29 is 0 Å². The van der Waals surface area contributed by atoms with Crippen LogP contribution in [-0.4, -0.2) is 19.9 Å². The maximum absolute atomic E-state index is 5.85. The molecular formula is C33H25N5. The van der Waals surface area contributed by atoms with Gasteiger partial charge in [-0.3, -0.25) is 0 Å². The van der Waals surface area contributed by atoms with E-state index in [4.69, 9.17) is 15.7 Å². The Kier molecular flexibility index (Phi) is 5.34. The van der Waals surface area contributed by atoms with Crippen LogP contribution in [0.5, 0.6) is 0 Å². The lowest BCUT2D eigenvalue weighted by Gasteiger charge is -2.05. The van der Waals surface area contributed by atoms with Gasteiger partial charge in [-0.25, -0.2) is 9.97 Å². The molecule has 8 bridgehead atoms. The third-order valence-corrected chi connectivity index (χ3v) is 6.94. The first kappa shape index (κ1) is 22.2. The minimum absolute atomic E-state index is 0.515. The van der Waals surface area contributed by atoms with Gasteiger partial charge in [0, 0.05) is 39.7 Å². The van der Waals surface area contributed by atoms with Crippen molar-refractivity contribution in [2.24, 2.45) is 5.73 Å². The van der Waals surface area contributed by atoms with Gasteiger partial charge in [-0.2, -0.15) is 0 Å². The quantitative estimate of drug-likeness (QED) is 0.240. The van der Waals surface area contributed by atoms with Crippen LogP contribution < -0.4 is 5.73 Å². The minimum Gasteiger partial charge on any atom is -0.355 e. The van der Waals surface area contributed by atoms with E-state index in [2.05, 4.69) is 119 Å². The number of nitrogens with zero attached hydrogens (tertiary/aromatic N) is 2. The number of hydrogen-bond acceptors (Lipinski definition) is 3. The molecule has 5 nitrogen and oxygen atoms in total. The molecule has 0 saturated carbocycles. The molecule has 2 aliphatic rings. The van der Waals surface area contributed by atoms with Crippen LogP contribution in [0.15, 0.2) is 91.0 Å². The number of benzene rings is 2. The highest BCUT2D eigenvalue weighted by Gasteiger charge is 2.13. The number of aromatic amines is 2. The third kappa shape index (κ3) is 4.05. The largest absolute Gasteiger partial charge is 0.355 e. The van der Waals surface area contributed by atoms with Crippen molar-refractivity contribution in [1.29, 1.82) is 0 Å². The Morgan fingerprint density at radius 3 is 1.61 bits per heavy atom. The second kappa shape index (κ2) is 9.14. The Hall–Kier alpha value is -5.00. The molecule has 3 aromatic heterocycles. The van der Waals surface area contributed by atoms with E-state index < -0.39 is 0 Å². The van der Waals surface area contributed by atoms with Crippen LogP contribution in [0.25, 0.3) is 68.6 Å². The molecule has 5 aromatic rings. The molecule has 0 unspecified atom stereocenters. The highest BCUT2D eigenvalue weighted by atomic mass is 14.8. The number of hydrogen-bond donors (Lipinski definition) is 3. The Balaban J connectivity index is 1.55. The summed E-state index contributed by atoms with van der Waals surface area (Å²) in [5, 5.41) is 0. The zero-order chi connectivity index (χ0) is 25.5. The predicted molar refractivity (Wildman–Crippen MR) is 158 cm³/mol. The molecule has 0 atom stereocenters. The summed E-state index contributed by atoms with van der Waals surface area (Å²) in [5.74, 6) is 0. The topological polar surface area (TPSA) is 83.4 Å². The Bertz CT molecular complexity index is 1890. The van der Waals surface area contributed by atoms with Crippen molar-refractivity contribution in [3.8, 4) is 22.3 Å². The van der Waals surface area contributed by atoms with Gasteiger partial charge in [-0.05, 0) is 77.4 Å². The van der Waals surface area contributed by atoms with E-state index in [0.717, 1.165) is 72.7 Å². The van der Waals surface area contributed by atoms with E-state index in [-0.39, 0.29) is 0 Å². The van der Waals surface area contributed by atoms with E-state index in [1.165, 1.54) is 0 Å². The standard InChI is InChI=1S/C33H25N5/c34-20-21-6-8-23(9-7-21)33-30-16-12-26(37-30)18-24-10-14-28(35-24)32(22-4-2-1-3-5-22)29-15-11-25(36-29)19-27-13-17-31(33)38-27/h1-19,35,38H,20,34H2. The monoisotopic (exact) mass is 491 g/mol. The smallest absolute Gasteiger partial charge is 0.0736 e. The third-order valence-electron chi connectivity index (χ3n) is 6.94. The molecule has 0 aliphatic carbocycles. The molecule has 2 aromatic carbocycles. The molecule has 7 rings (SSSR count). The van der Waals surface area contributed by atoms with Crippen molar-refractivity contribution in [3.63, 3.8) is 0 Å². The number of rotatable bonds is 3. The fourth-order valence-electron chi connectivity index (χ4n) is 5.09. The molecule has 2 aliphatic heterocycles. The zero-order valence-electron chi connectivity index (χ0n) is 20.6. The minimum atomic E-state index is 0.515. The summed E-state index contributed by atoms with van der Waals surface area (Å²) >= 11 is 0. The summed E-state index contributed by atoms with van der Waals surface area (Å²) in [6, 6.07) is 31.3. The Morgan fingerprint density at radius 2 is 1.08 bits per heavy atom. The molecule has 5 heteroatoms. The molecule has 0 spiro atoms. The van der Waals surface area contributed by atoms with Crippen LogP contribution >= 0.6 is 0 Å². The molecular weight excluding hydrogens is 466 g/mol. The molecule has 182 valence electrons. The van der Waals surface area contributed by atoms with E-state index in [0.29, 0.717) is 6.54 Å². The lowest BCUT2D eigenvalue weighted by atomic mass is 10.0. The number of H-pyrrole nitrogens is 2. The number of nitrogens with one attached hydrogen (secondary N) is 2. The summed E-state index contributed by atoms with van der Waals surface area (Å²) in [6.07, 6.45) is 8.29. The molecule has 0 saturated heterocycles. The number of fused-ring (bicyclic) bond motifs is 8. The van der Waals surface area contributed by atoms with Crippen LogP contribution in [0, 0.1) is 0 Å². The van der Waals surface area contributed by atoms with Gasteiger partial charge in [0.2, 0.25) is 0 Å². The first-order valence-corrected chi connectivity index (χ1v) is 12.7. The predicted octanol–water partition coefficient (Wildman–Crippen LogP) is 7.45. The van der Waals surface area contributed by atoms with E-state index in [1.54, 1.807) is 0 Å². The van der Waals surface area contributed by atoms with Gasteiger partial charge in [-0.1, -0.05) is 54.6 Å². The van der Waals surface area contributed by atoms with Crippen LogP contribution in [-0.2, 0) is 6.54 Å². The highest BCUT2D eigenvalue weighted by Crippen LogP contribution is 2.32. The van der Waals surface area contributed by atoms with Crippen molar-refractivity contribution in [1.82, 2.24) is 19.9 Å². The summed E-state index contributed by atoms with van der Waals surface area (Å²) in [4.78, 5) is 17.2. The van der Waals surface area contributed by atoms with Gasteiger partial charge in [0.1, 0.15) is 0 Å². The molecule has 4 N–H and O–H groups in total. The maximum atomic E-state index is 5.85. The van der Waals surface area contributed by atoms with Gasteiger partial charge in [-0.15, -0.1) is 0 Å². The second-order valence-electron chi connectivity index (χ2n) is 9.47. The molecule has 0 amide bonds. The average molecular weight is 492 g/mol. The average Bonchev–Trinajstić information content (AvgIpc) is 3.76. The number of nitrogens with two attached hydrogens (primary N) is 1. The van der Waals surface area contributed by atoms with Gasteiger partial charge in [0.15, 0.2) is 0 Å². The van der Waals surface area contributed by atoms with Crippen LogP contribution in [0.1, 0.15) is 28.3 Å². The van der Waals surface area contributed by atoms with Crippen molar-refractivity contribution in [3.05, 3.63) is 119 Å². The van der Waals surface area contributed by atoms with Crippen LogP contribution in [0.4, 0.5) is 0 Å². The van der Waals surface area contributed by atoms with E-state index in [9.17, 15) is 0 Å². The van der Waals surface area contributed by atoms with Crippen LogP contribution in [0.3, 0.4) is 0 Å². The summed E-state index contributed by atoms with van der Waals surface area (Å²) in [7, 11) is 0. The normalized spacial score (nSPS) is 12.2. The van der Waals surface area contributed by atoms with Crippen LogP contribution in [0.2, 0.25) is 0 Å². The van der Waals surface area contributed by atoms with Crippen molar-refractivity contribution >= 4 is 46.4 Å². The van der Waals surface area contributed by atoms with Gasteiger partial charge in [0.05, 0.1) is 22.8 Å². The summed E-state index contributed by atoms with van der Waals surface area (Å²) < 4.78 is 0. The zero-order valence-corrected chi connectivity index (χ0v) is 20.6. The van der Waals surface area contributed by atoms with E-state index in [1.807, 2.05) is 6.07 Å². The number of aromatic nitrogens is 4. The van der Waals surface area contributed by atoms with Crippen molar-refractivity contribution in [2.45, 2.75) is 6.54 Å². The SMILES string of the molecule is NCc1ccc(-c2c3nc(cc4ccc([nH]4)c(-c4ccccc4)c4nc(cc5ccc2[nH]5)C=C4)C=C3)cc1. The summed E-state index contributed by atoms with van der Waals surface area (Å²) in [5.41, 5.74) is 18.9. The second-order valence-corrected chi connectivity index (χ2v) is 9.47. The maximum Gasteiger partial charge on any atom is 0.0736 e. The fraction of sp³-hybridized carbons (Fsp3) is 0.0303. The van der Waals surface area contributed by atoms with Gasteiger partial charge < -0.3 is 15.7 Å². The molecule has 38 heavy (non-hydrogen) atoms. The van der Waals surface area contributed by atoms with E-state index >= 15 is 0 Å². The first-order valence-electron chi connectivity index (χ1n) is 12.7. The lowest BCUT2D eigenvalue weighted by Crippen LogP contribution is -1.95. The van der Waals surface area contributed by atoms with Gasteiger partial charge >= 0.3 is 0 Å².